The third-order valence-electron chi connectivity index (χ3n) is 3.30. The fourth-order valence-electron chi connectivity index (χ4n) is 2.07. The minimum absolute atomic E-state index is 0.0841. The summed E-state index contributed by atoms with van der Waals surface area (Å²) in [5, 5.41) is 22.8. The molecule has 4 nitrogen and oxygen atoms in total. The molecular formula is C17H15ClN2O2. The molecule has 2 N–H and O–H groups in total. The zero-order valence-electron chi connectivity index (χ0n) is 12.0. The number of rotatable bonds is 5. The molecule has 0 fully saturated rings. The molecule has 22 heavy (non-hydrogen) atoms. The van der Waals surface area contributed by atoms with Crippen molar-refractivity contribution in [2.75, 3.05) is 11.9 Å². The van der Waals surface area contributed by atoms with E-state index in [-0.39, 0.29) is 12.3 Å². The minimum Gasteiger partial charge on any atom is -0.387 e. The maximum Gasteiger partial charge on any atom is 0.159 e. The van der Waals surface area contributed by atoms with Crippen molar-refractivity contribution in [2.24, 2.45) is 0 Å². The fourth-order valence-corrected chi connectivity index (χ4v) is 2.33. The predicted molar refractivity (Wildman–Crippen MR) is 86.1 cm³/mol. The normalized spacial score (nSPS) is 11.5. The summed E-state index contributed by atoms with van der Waals surface area (Å²) < 4.78 is 0. The van der Waals surface area contributed by atoms with E-state index >= 15 is 0 Å². The molecule has 112 valence electrons. The zero-order valence-corrected chi connectivity index (χ0v) is 12.8. The number of ketones is 1. The number of nitrogens with one attached hydrogen (secondary N) is 1. The average molecular weight is 315 g/mol. The molecule has 0 saturated carbocycles. The van der Waals surface area contributed by atoms with Crippen molar-refractivity contribution in [2.45, 2.75) is 13.0 Å². The molecule has 0 bridgehead atoms. The SMILES string of the molecule is CC(=O)c1ccc(C#N)c(NCC(O)c2ccccc2Cl)c1. The van der Waals surface area contributed by atoms with Gasteiger partial charge >= 0.3 is 0 Å². The highest BCUT2D eigenvalue weighted by Crippen LogP contribution is 2.24. The van der Waals surface area contributed by atoms with Gasteiger partial charge in [-0.3, -0.25) is 4.79 Å². The van der Waals surface area contributed by atoms with Crippen LogP contribution in [0.1, 0.15) is 34.5 Å². The van der Waals surface area contributed by atoms with Crippen LogP contribution in [0, 0.1) is 11.3 Å². The Morgan fingerprint density at radius 3 is 2.73 bits per heavy atom. The Morgan fingerprint density at radius 1 is 1.36 bits per heavy atom. The molecular weight excluding hydrogens is 300 g/mol. The topological polar surface area (TPSA) is 73.1 Å². The largest absolute Gasteiger partial charge is 0.387 e. The zero-order chi connectivity index (χ0) is 16.1. The van der Waals surface area contributed by atoms with Crippen LogP contribution < -0.4 is 5.32 Å². The number of aliphatic hydroxyl groups excluding tert-OH is 1. The number of hydrogen-bond donors (Lipinski definition) is 2. The second-order valence-electron chi connectivity index (χ2n) is 4.85. The molecule has 2 aromatic carbocycles. The van der Waals surface area contributed by atoms with E-state index in [2.05, 4.69) is 11.4 Å². The highest BCUT2D eigenvalue weighted by Gasteiger charge is 2.12. The lowest BCUT2D eigenvalue weighted by Gasteiger charge is -2.15. The molecule has 2 aromatic rings. The van der Waals surface area contributed by atoms with Crippen molar-refractivity contribution in [3.63, 3.8) is 0 Å². The summed E-state index contributed by atoms with van der Waals surface area (Å²) in [6.45, 7) is 1.64. The lowest BCUT2D eigenvalue weighted by molar-refractivity contribution is 0.101. The van der Waals surface area contributed by atoms with Crippen molar-refractivity contribution in [3.8, 4) is 6.07 Å². The van der Waals surface area contributed by atoms with Gasteiger partial charge in [0.1, 0.15) is 6.07 Å². The maximum atomic E-state index is 11.4. The number of halogens is 1. The molecule has 0 aliphatic rings. The Bertz CT molecular complexity index is 738. The quantitative estimate of drug-likeness (QED) is 0.828. The summed E-state index contributed by atoms with van der Waals surface area (Å²) in [6, 6.07) is 13.9. The summed E-state index contributed by atoms with van der Waals surface area (Å²) in [5.74, 6) is -0.0841. The molecule has 0 aliphatic heterocycles. The Kier molecular flexibility index (Phi) is 5.16. The van der Waals surface area contributed by atoms with Gasteiger partial charge in [0.2, 0.25) is 0 Å². The number of benzene rings is 2. The first-order valence-electron chi connectivity index (χ1n) is 6.74. The Hall–Kier alpha value is -2.35. The van der Waals surface area contributed by atoms with Crippen molar-refractivity contribution in [1.82, 2.24) is 0 Å². The maximum absolute atomic E-state index is 11.4. The fraction of sp³-hybridized carbons (Fsp3) is 0.176. The number of anilines is 1. The highest BCUT2D eigenvalue weighted by molar-refractivity contribution is 6.31. The van der Waals surface area contributed by atoms with Gasteiger partial charge in [-0.15, -0.1) is 0 Å². The van der Waals surface area contributed by atoms with E-state index in [1.807, 2.05) is 0 Å². The van der Waals surface area contributed by atoms with Crippen molar-refractivity contribution in [3.05, 3.63) is 64.2 Å². The van der Waals surface area contributed by atoms with E-state index in [1.54, 1.807) is 42.5 Å². The van der Waals surface area contributed by atoms with Crippen LogP contribution in [0.5, 0.6) is 0 Å². The summed E-state index contributed by atoms with van der Waals surface area (Å²) in [4.78, 5) is 11.4. The second-order valence-corrected chi connectivity index (χ2v) is 5.25. The Morgan fingerprint density at radius 2 is 2.09 bits per heavy atom. The Labute approximate surface area is 134 Å². The lowest BCUT2D eigenvalue weighted by Crippen LogP contribution is -2.13. The molecule has 0 aliphatic carbocycles. The number of nitriles is 1. The summed E-state index contributed by atoms with van der Waals surface area (Å²) in [7, 11) is 0. The van der Waals surface area contributed by atoms with Crippen LogP contribution in [0.4, 0.5) is 5.69 Å². The smallest absolute Gasteiger partial charge is 0.159 e. The number of Topliss-reactive ketones (excluding diaryl/α,β-unsaturated/α-hetero) is 1. The van der Waals surface area contributed by atoms with Crippen LogP contribution in [0.3, 0.4) is 0 Å². The van der Waals surface area contributed by atoms with Crippen LogP contribution in [-0.2, 0) is 0 Å². The summed E-state index contributed by atoms with van der Waals surface area (Å²) >= 11 is 6.04. The number of nitrogens with zero attached hydrogens (tertiary/aromatic N) is 1. The van der Waals surface area contributed by atoms with E-state index in [4.69, 9.17) is 16.9 Å². The number of carbonyl (C=O) groups is 1. The minimum atomic E-state index is -0.818. The Balaban J connectivity index is 2.17. The molecule has 0 aromatic heterocycles. The standard InChI is InChI=1S/C17H15ClN2O2/c1-11(21)12-6-7-13(9-19)16(8-12)20-10-17(22)14-4-2-3-5-15(14)18/h2-8,17,20,22H,10H2,1H3. The number of carbonyl (C=O) groups excluding carboxylic acids is 1. The monoisotopic (exact) mass is 314 g/mol. The summed E-state index contributed by atoms with van der Waals surface area (Å²) in [5.41, 5.74) is 2.05. The molecule has 2 rings (SSSR count). The van der Waals surface area contributed by atoms with Gasteiger partial charge in [-0.2, -0.15) is 5.26 Å². The van der Waals surface area contributed by atoms with E-state index < -0.39 is 6.10 Å². The van der Waals surface area contributed by atoms with Crippen LogP contribution >= 0.6 is 11.6 Å². The van der Waals surface area contributed by atoms with Gasteiger partial charge in [-0.05, 0) is 31.2 Å². The highest BCUT2D eigenvalue weighted by atomic mass is 35.5. The van der Waals surface area contributed by atoms with Gasteiger partial charge in [0.25, 0.3) is 0 Å². The van der Waals surface area contributed by atoms with E-state index in [9.17, 15) is 9.90 Å². The predicted octanol–water partition coefficient (Wildman–Crippen LogP) is 3.56. The van der Waals surface area contributed by atoms with E-state index in [0.717, 1.165) is 0 Å². The van der Waals surface area contributed by atoms with Gasteiger partial charge in [0.05, 0.1) is 17.4 Å². The van der Waals surface area contributed by atoms with Crippen LogP contribution in [0.15, 0.2) is 42.5 Å². The number of aliphatic hydroxyl groups is 1. The summed E-state index contributed by atoms with van der Waals surface area (Å²) in [6.07, 6.45) is -0.818. The van der Waals surface area contributed by atoms with Gasteiger partial charge < -0.3 is 10.4 Å². The third kappa shape index (κ3) is 3.64. The third-order valence-corrected chi connectivity index (χ3v) is 3.64. The molecule has 5 heteroatoms. The molecule has 0 radical (unpaired) electrons. The number of hydrogen-bond acceptors (Lipinski definition) is 4. The van der Waals surface area contributed by atoms with Gasteiger partial charge in [-0.25, -0.2) is 0 Å². The second kappa shape index (κ2) is 7.08. The van der Waals surface area contributed by atoms with E-state index in [1.165, 1.54) is 6.92 Å². The van der Waals surface area contributed by atoms with Crippen LogP contribution in [0.25, 0.3) is 0 Å². The average Bonchev–Trinajstić information content (AvgIpc) is 2.52. The van der Waals surface area contributed by atoms with Crippen molar-refractivity contribution < 1.29 is 9.90 Å². The molecule has 0 saturated heterocycles. The molecule has 1 atom stereocenters. The molecule has 0 spiro atoms. The van der Waals surface area contributed by atoms with Gasteiger partial charge in [-0.1, -0.05) is 29.8 Å². The first-order chi connectivity index (χ1) is 10.5. The van der Waals surface area contributed by atoms with E-state index in [0.29, 0.717) is 27.4 Å². The first-order valence-corrected chi connectivity index (χ1v) is 7.12. The van der Waals surface area contributed by atoms with Crippen molar-refractivity contribution >= 4 is 23.1 Å². The molecule has 0 heterocycles. The van der Waals surface area contributed by atoms with Crippen molar-refractivity contribution in [1.29, 1.82) is 5.26 Å². The van der Waals surface area contributed by atoms with Crippen LogP contribution in [0.2, 0.25) is 5.02 Å². The first kappa shape index (κ1) is 16.0. The molecule has 1 unspecified atom stereocenters. The van der Waals surface area contributed by atoms with Gasteiger partial charge in [0, 0.05) is 22.7 Å². The van der Waals surface area contributed by atoms with Crippen LogP contribution in [-0.4, -0.2) is 17.4 Å². The lowest BCUT2D eigenvalue weighted by atomic mass is 10.1. The van der Waals surface area contributed by atoms with Gasteiger partial charge in [0.15, 0.2) is 5.78 Å². The molecule has 0 amide bonds.